The number of β-amino-alcohol motifs (C(OH)–C–C–N with tert-alkyl or cyclic N) is 1. The molecule has 3 heterocycles. The van der Waals surface area contributed by atoms with Crippen LogP contribution in [0.25, 0.3) is 0 Å². The molecule has 1 saturated heterocycles. The van der Waals surface area contributed by atoms with Gasteiger partial charge in [0.2, 0.25) is 0 Å². The Kier molecular flexibility index (Phi) is 3.95. The largest absolute Gasteiger partial charge is 0.395 e. The molecule has 3 rings (SSSR count). The Hall–Kier alpha value is -1.50. The Balaban J connectivity index is 1.99. The van der Waals surface area contributed by atoms with Crippen LogP contribution in [-0.4, -0.2) is 33.3 Å². The van der Waals surface area contributed by atoms with Crippen molar-refractivity contribution in [3.63, 3.8) is 0 Å². The molecule has 0 unspecified atom stereocenters. The summed E-state index contributed by atoms with van der Waals surface area (Å²) in [5, 5.41) is 15.3. The fourth-order valence-electron chi connectivity index (χ4n) is 2.52. The number of rotatable bonds is 4. The molecule has 2 aromatic rings. The molecule has 1 aliphatic rings. The number of hydrogen-bond donors (Lipinski definition) is 2. The summed E-state index contributed by atoms with van der Waals surface area (Å²) in [5.74, 6) is 0. The smallest absolute Gasteiger partial charge is 0.170 e. The van der Waals surface area contributed by atoms with Gasteiger partial charge in [-0.2, -0.15) is 0 Å². The van der Waals surface area contributed by atoms with Crippen molar-refractivity contribution in [2.75, 3.05) is 13.2 Å². The molecule has 1 aliphatic heterocycles. The molecular weight excluding hydrogens is 290 g/mol. The van der Waals surface area contributed by atoms with Crippen LogP contribution in [0.2, 0.25) is 0 Å². The number of aromatic nitrogens is 1. The van der Waals surface area contributed by atoms with E-state index in [9.17, 15) is 5.11 Å². The molecule has 104 valence electrons. The van der Waals surface area contributed by atoms with Crippen molar-refractivity contribution < 1.29 is 5.11 Å². The summed E-state index contributed by atoms with van der Waals surface area (Å²) in [4.78, 5) is 7.71. The number of pyridine rings is 1. The van der Waals surface area contributed by atoms with Crippen LogP contribution in [0.5, 0.6) is 0 Å². The molecule has 4 nitrogen and oxygen atoms in total. The van der Waals surface area contributed by atoms with E-state index in [1.807, 2.05) is 29.2 Å². The highest BCUT2D eigenvalue weighted by Gasteiger charge is 2.39. The van der Waals surface area contributed by atoms with Crippen LogP contribution in [0, 0.1) is 0 Å². The molecule has 20 heavy (non-hydrogen) atoms. The molecule has 0 saturated carbocycles. The van der Waals surface area contributed by atoms with Crippen molar-refractivity contribution in [1.82, 2.24) is 15.2 Å². The summed E-state index contributed by atoms with van der Waals surface area (Å²) in [5.41, 5.74) is 0.966. The zero-order chi connectivity index (χ0) is 13.9. The molecule has 0 amide bonds. The van der Waals surface area contributed by atoms with Crippen LogP contribution in [0.4, 0.5) is 0 Å². The molecular formula is C14H15N3OS2. The Morgan fingerprint density at radius 3 is 2.90 bits per heavy atom. The minimum Gasteiger partial charge on any atom is -0.395 e. The topological polar surface area (TPSA) is 48.4 Å². The van der Waals surface area contributed by atoms with Gasteiger partial charge in [0.25, 0.3) is 0 Å². The van der Waals surface area contributed by atoms with E-state index in [1.165, 1.54) is 4.88 Å². The summed E-state index contributed by atoms with van der Waals surface area (Å²) in [6, 6.07) is 10.1. The lowest BCUT2D eigenvalue weighted by atomic mass is 10.0. The van der Waals surface area contributed by atoms with Gasteiger partial charge in [0.15, 0.2) is 5.11 Å². The van der Waals surface area contributed by atoms with E-state index in [2.05, 4.69) is 21.7 Å². The number of hydrogen-bond acceptors (Lipinski definition) is 4. The summed E-state index contributed by atoms with van der Waals surface area (Å²) < 4.78 is 0. The Morgan fingerprint density at radius 1 is 1.35 bits per heavy atom. The van der Waals surface area contributed by atoms with E-state index in [0.29, 0.717) is 11.7 Å². The Bertz CT molecular complexity index is 573. The molecule has 0 bridgehead atoms. The zero-order valence-electron chi connectivity index (χ0n) is 10.8. The molecule has 0 radical (unpaired) electrons. The van der Waals surface area contributed by atoms with Gasteiger partial charge in [0, 0.05) is 17.6 Å². The minimum atomic E-state index is 0.0221. The fourth-order valence-corrected chi connectivity index (χ4v) is 3.73. The predicted molar refractivity (Wildman–Crippen MR) is 83.6 cm³/mol. The number of aliphatic hydroxyl groups excluding tert-OH is 1. The second kappa shape index (κ2) is 5.87. The highest BCUT2D eigenvalue weighted by molar-refractivity contribution is 7.80. The molecule has 0 aromatic carbocycles. The molecule has 0 aliphatic carbocycles. The molecule has 2 atom stereocenters. The summed E-state index contributed by atoms with van der Waals surface area (Å²) >= 11 is 7.11. The van der Waals surface area contributed by atoms with Gasteiger partial charge in [-0.15, -0.1) is 11.3 Å². The highest BCUT2D eigenvalue weighted by atomic mass is 32.1. The first-order valence-electron chi connectivity index (χ1n) is 6.43. The van der Waals surface area contributed by atoms with Crippen LogP contribution in [0.15, 0.2) is 41.9 Å². The fraction of sp³-hybridized carbons (Fsp3) is 0.286. The monoisotopic (exact) mass is 305 g/mol. The first-order valence-corrected chi connectivity index (χ1v) is 7.72. The number of thiophene rings is 1. The van der Waals surface area contributed by atoms with Crippen molar-refractivity contribution in [1.29, 1.82) is 0 Å². The third-order valence-electron chi connectivity index (χ3n) is 3.37. The van der Waals surface area contributed by atoms with E-state index in [0.717, 1.165) is 5.69 Å². The lowest BCUT2D eigenvalue weighted by molar-refractivity contribution is 0.224. The van der Waals surface area contributed by atoms with Crippen molar-refractivity contribution >= 4 is 28.7 Å². The maximum absolute atomic E-state index is 9.28. The van der Waals surface area contributed by atoms with Crippen molar-refractivity contribution in [3.8, 4) is 0 Å². The number of aliphatic hydroxyl groups is 1. The van der Waals surface area contributed by atoms with E-state index < -0.39 is 0 Å². The van der Waals surface area contributed by atoms with Crippen molar-refractivity contribution in [2.24, 2.45) is 0 Å². The molecule has 0 spiro atoms. The molecule has 2 N–H and O–H groups in total. The maximum atomic E-state index is 9.28. The van der Waals surface area contributed by atoms with Crippen LogP contribution >= 0.6 is 23.6 Å². The van der Waals surface area contributed by atoms with Gasteiger partial charge in [0.05, 0.1) is 24.4 Å². The van der Waals surface area contributed by atoms with Crippen LogP contribution in [-0.2, 0) is 0 Å². The normalized spacial score (nSPS) is 22.1. The second-order valence-corrected chi connectivity index (χ2v) is 5.92. The third kappa shape index (κ3) is 2.42. The number of thiocarbonyl (C=S) groups is 1. The summed E-state index contributed by atoms with van der Waals surface area (Å²) in [6.45, 7) is 0.608. The van der Waals surface area contributed by atoms with Gasteiger partial charge in [-0.1, -0.05) is 12.1 Å². The SMILES string of the molecule is OCCN1C(=S)N[C@@H](c2ccccn2)[C@H]1c1cccs1. The molecule has 2 aromatic heterocycles. The summed E-state index contributed by atoms with van der Waals surface area (Å²) in [6.07, 6.45) is 1.79. The van der Waals surface area contributed by atoms with E-state index in [4.69, 9.17) is 12.2 Å². The predicted octanol–water partition coefficient (Wildman–Crippen LogP) is 2.11. The number of nitrogens with one attached hydrogen (secondary N) is 1. The van der Waals surface area contributed by atoms with Gasteiger partial charge in [-0.3, -0.25) is 4.98 Å². The highest BCUT2D eigenvalue weighted by Crippen LogP contribution is 2.39. The average Bonchev–Trinajstić information content (AvgIpc) is 3.09. The zero-order valence-corrected chi connectivity index (χ0v) is 12.4. The van der Waals surface area contributed by atoms with E-state index in [1.54, 1.807) is 17.5 Å². The lowest BCUT2D eigenvalue weighted by Gasteiger charge is -2.25. The van der Waals surface area contributed by atoms with Gasteiger partial charge >= 0.3 is 0 Å². The quantitative estimate of drug-likeness (QED) is 0.847. The van der Waals surface area contributed by atoms with Crippen LogP contribution < -0.4 is 5.32 Å². The molecule has 6 heteroatoms. The molecule has 1 fully saturated rings. The van der Waals surface area contributed by atoms with Crippen LogP contribution in [0.1, 0.15) is 22.7 Å². The second-order valence-electron chi connectivity index (χ2n) is 4.56. The van der Waals surface area contributed by atoms with Crippen molar-refractivity contribution in [3.05, 3.63) is 52.5 Å². The Morgan fingerprint density at radius 2 is 2.25 bits per heavy atom. The standard InChI is InChI=1S/C14H15N3OS2/c18-8-7-17-13(11-5-3-9-20-11)12(16-14(17)19)10-4-1-2-6-15-10/h1-6,9,12-13,18H,7-8H2,(H,16,19)/t12-,13+/m0/s1. The van der Waals surface area contributed by atoms with Crippen molar-refractivity contribution in [2.45, 2.75) is 12.1 Å². The van der Waals surface area contributed by atoms with E-state index in [-0.39, 0.29) is 18.7 Å². The van der Waals surface area contributed by atoms with Gasteiger partial charge in [-0.05, 0) is 35.8 Å². The van der Waals surface area contributed by atoms with Gasteiger partial charge in [-0.25, -0.2) is 0 Å². The van der Waals surface area contributed by atoms with Crippen LogP contribution in [0.3, 0.4) is 0 Å². The Labute approximate surface area is 127 Å². The van der Waals surface area contributed by atoms with Gasteiger partial charge < -0.3 is 15.3 Å². The minimum absolute atomic E-state index is 0.0221. The maximum Gasteiger partial charge on any atom is 0.170 e. The average molecular weight is 305 g/mol. The number of nitrogens with zero attached hydrogens (tertiary/aromatic N) is 2. The first-order chi connectivity index (χ1) is 9.81. The first kappa shape index (κ1) is 13.5. The lowest BCUT2D eigenvalue weighted by Crippen LogP contribution is -2.31. The van der Waals surface area contributed by atoms with Gasteiger partial charge in [0.1, 0.15) is 0 Å². The van der Waals surface area contributed by atoms with E-state index >= 15 is 0 Å². The third-order valence-corrected chi connectivity index (χ3v) is 4.67. The summed E-state index contributed by atoms with van der Waals surface area (Å²) in [7, 11) is 0.